The molecule has 3 aliphatic rings. The van der Waals surface area contributed by atoms with Crippen molar-refractivity contribution in [1.29, 1.82) is 0 Å². The van der Waals surface area contributed by atoms with Gasteiger partial charge in [-0.3, -0.25) is 9.69 Å². The predicted molar refractivity (Wildman–Crippen MR) is 125 cm³/mol. The van der Waals surface area contributed by atoms with Crippen LogP contribution in [0.2, 0.25) is 0 Å². The van der Waals surface area contributed by atoms with E-state index in [-0.39, 0.29) is 5.91 Å². The number of aromatic nitrogens is 1. The van der Waals surface area contributed by atoms with Gasteiger partial charge in [-0.05, 0) is 55.8 Å². The number of carbonyl (C=O) groups is 1. The summed E-state index contributed by atoms with van der Waals surface area (Å²) < 4.78 is 25.2. The molecule has 0 bridgehead atoms. The maximum absolute atomic E-state index is 13.6. The molecule has 0 atom stereocenters. The molecule has 172 valence electrons. The average Bonchev–Trinajstić information content (AvgIpc) is 3.28. The molecule has 0 spiro atoms. The molecule has 2 N–H and O–H groups in total. The molecule has 7 nitrogen and oxygen atoms in total. The molecule has 5 rings (SSSR count). The molecule has 2 aromatic rings. The number of amides is 1. The van der Waals surface area contributed by atoms with Gasteiger partial charge in [0.05, 0.1) is 24.5 Å². The van der Waals surface area contributed by atoms with Crippen LogP contribution >= 0.6 is 0 Å². The monoisotopic (exact) mass is 450 g/mol. The number of hydrogen-bond donors (Lipinski definition) is 2. The van der Waals surface area contributed by atoms with Crippen LogP contribution in [0.5, 0.6) is 0 Å². The van der Waals surface area contributed by atoms with Gasteiger partial charge in [0.2, 0.25) is 0 Å². The fourth-order valence-corrected chi connectivity index (χ4v) is 4.47. The number of morpholine rings is 1. The third kappa shape index (κ3) is 4.36. The molecule has 8 heteroatoms. The topological polar surface area (TPSA) is 75.7 Å². The Balaban J connectivity index is 1.39. The number of ether oxygens (including phenoxy) is 2. The Labute approximate surface area is 192 Å². The van der Waals surface area contributed by atoms with Crippen molar-refractivity contribution >= 4 is 28.6 Å². The smallest absolute Gasteiger partial charge is 0.260 e. The highest BCUT2D eigenvalue weighted by molar-refractivity contribution is 6.32. The maximum atomic E-state index is 13.6. The largest absolute Gasteiger partial charge is 0.482 e. The SMILES string of the molecule is CC1(C)OC(=C2C(=O)Nc3cc(F)ccc32)C=C1c1ccnc(NCCN2CCOCC2)c1. The van der Waals surface area contributed by atoms with Crippen LogP contribution in [0.1, 0.15) is 25.0 Å². The number of hydrogen-bond acceptors (Lipinski definition) is 6. The van der Waals surface area contributed by atoms with E-state index in [2.05, 4.69) is 20.5 Å². The highest BCUT2D eigenvalue weighted by atomic mass is 19.1. The van der Waals surface area contributed by atoms with E-state index in [4.69, 9.17) is 9.47 Å². The fourth-order valence-electron chi connectivity index (χ4n) is 4.47. The first kappa shape index (κ1) is 21.6. The van der Waals surface area contributed by atoms with Crippen molar-refractivity contribution in [3.8, 4) is 0 Å². The van der Waals surface area contributed by atoms with Crippen LogP contribution in [-0.4, -0.2) is 60.8 Å². The zero-order chi connectivity index (χ0) is 23.0. The second-order valence-electron chi connectivity index (χ2n) is 8.86. The summed E-state index contributed by atoms with van der Waals surface area (Å²) in [5.41, 5.74) is 2.80. The van der Waals surface area contributed by atoms with Gasteiger partial charge in [-0.1, -0.05) is 0 Å². The number of allylic oxidation sites excluding steroid dienone is 1. The molecule has 0 unspecified atom stereocenters. The summed E-state index contributed by atoms with van der Waals surface area (Å²) in [4.78, 5) is 19.5. The van der Waals surface area contributed by atoms with E-state index in [1.807, 2.05) is 32.1 Å². The summed E-state index contributed by atoms with van der Waals surface area (Å²) >= 11 is 0. The summed E-state index contributed by atoms with van der Waals surface area (Å²) in [7, 11) is 0. The van der Waals surface area contributed by atoms with Crippen LogP contribution in [0.4, 0.5) is 15.9 Å². The van der Waals surface area contributed by atoms with Gasteiger partial charge in [0.15, 0.2) is 0 Å². The zero-order valence-electron chi connectivity index (χ0n) is 18.8. The van der Waals surface area contributed by atoms with Crippen molar-refractivity contribution in [3.05, 3.63) is 65.3 Å². The van der Waals surface area contributed by atoms with E-state index in [0.29, 0.717) is 22.6 Å². The first-order chi connectivity index (χ1) is 15.9. The van der Waals surface area contributed by atoms with Gasteiger partial charge in [0, 0.05) is 43.5 Å². The summed E-state index contributed by atoms with van der Waals surface area (Å²) in [6, 6.07) is 8.22. The van der Waals surface area contributed by atoms with Crippen molar-refractivity contribution < 1.29 is 18.7 Å². The van der Waals surface area contributed by atoms with Gasteiger partial charge in [0.1, 0.15) is 23.0 Å². The highest BCUT2D eigenvalue weighted by Crippen LogP contribution is 2.44. The minimum Gasteiger partial charge on any atom is -0.482 e. The van der Waals surface area contributed by atoms with E-state index >= 15 is 0 Å². The van der Waals surface area contributed by atoms with Crippen molar-refractivity contribution in [3.63, 3.8) is 0 Å². The number of pyridine rings is 1. The van der Waals surface area contributed by atoms with Gasteiger partial charge >= 0.3 is 0 Å². The number of halogens is 1. The van der Waals surface area contributed by atoms with Crippen molar-refractivity contribution in [2.24, 2.45) is 0 Å². The lowest BCUT2D eigenvalue weighted by atomic mass is 9.92. The van der Waals surface area contributed by atoms with Crippen LogP contribution in [-0.2, 0) is 14.3 Å². The number of nitrogens with one attached hydrogen (secondary N) is 2. The summed E-state index contributed by atoms with van der Waals surface area (Å²) in [6.07, 6.45) is 3.68. The zero-order valence-corrected chi connectivity index (χ0v) is 18.8. The Hall–Kier alpha value is -3.23. The molecule has 4 heterocycles. The summed E-state index contributed by atoms with van der Waals surface area (Å²) in [5.74, 6) is 0.586. The van der Waals surface area contributed by atoms with Crippen LogP contribution < -0.4 is 10.6 Å². The molecule has 1 saturated heterocycles. The lowest BCUT2D eigenvalue weighted by molar-refractivity contribution is -0.111. The van der Waals surface area contributed by atoms with Gasteiger partial charge in [0.25, 0.3) is 5.91 Å². The van der Waals surface area contributed by atoms with E-state index < -0.39 is 11.4 Å². The second-order valence-corrected chi connectivity index (χ2v) is 8.86. The molecule has 0 radical (unpaired) electrons. The van der Waals surface area contributed by atoms with E-state index in [9.17, 15) is 9.18 Å². The summed E-state index contributed by atoms with van der Waals surface area (Å²) in [5, 5.41) is 6.13. The standard InChI is InChI=1S/C25H27FN4O3/c1-25(2)19(15-21(33-25)23-18-4-3-17(26)14-20(18)29-24(23)31)16-5-6-27-22(13-16)28-7-8-30-9-11-32-12-10-30/h3-6,13-15H,7-12H2,1-2H3,(H,27,28)(H,29,31). The Morgan fingerprint density at radius 2 is 2.03 bits per heavy atom. The minimum atomic E-state index is -0.641. The van der Waals surface area contributed by atoms with E-state index in [0.717, 1.165) is 56.3 Å². The summed E-state index contributed by atoms with van der Waals surface area (Å²) in [6.45, 7) is 9.13. The predicted octanol–water partition coefficient (Wildman–Crippen LogP) is 3.52. The molecule has 33 heavy (non-hydrogen) atoms. The Morgan fingerprint density at radius 1 is 1.21 bits per heavy atom. The lowest BCUT2D eigenvalue weighted by Crippen LogP contribution is -2.39. The molecule has 0 saturated carbocycles. The number of fused-ring (bicyclic) bond motifs is 1. The number of anilines is 2. The Bertz CT molecular complexity index is 1150. The fraction of sp³-hybridized carbons (Fsp3) is 0.360. The third-order valence-electron chi connectivity index (χ3n) is 6.17. The molecule has 1 aromatic carbocycles. The molecule has 0 aliphatic carbocycles. The molecular weight excluding hydrogens is 423 g/mol. The van der Waals surface area contributed by atoms with Gasteiger partial charge < -0.3 is 20.1 Å². The molecule has 3 aliphatic heterocycles. The van der Waals surface area contributed by atoms with Crippen LogP contribution in [0.15, 0.2) is 48.4 Å². The molecule has 1 fully saturated rings. The quantitative estimate of drug-likeness (QED) is 0.679. The maximum Gasteiger partial charge on any atom is 0.260 e. The second kappa shape index (κ2) is 8.61. The van der Waals surface area contributed by atoms with Crippen LogP contribution in [0.3, 0.4) is 0 Å². The highest BCUT2D eigenvalue weighted by Gasteiger charge is 2.38. The Morgan fingerprint density at radius 3 is 2.85 bits per heavy atom. The van der Waals surface area contributed by atoms with Crippen molar-refractivity contribution in [2.45, 2.75) is 19.4 Å². The van der Waals surface area contributed by atoms with Gasteiger partial charge in [-0.25, -0.2) is 9.37 Å². The van der Waals surface area contributed by atoms with Crippen molar-refractivity contribution in [2.75, 3.05) is 50.0 Å². The minimum absolute atomic E-state index is 0.293. The van der Waals surface area contributed by atoms with E-state index in [1.54, 1.807) is 12.3 Å². The van der Waals surface area contributed by atoms with Crippen molar-refractivity contribution in [1.82, 2.24) is 9.88 Å². The molecule has 1 aromatic heterocycles. The normalized spacial score (nSPS) is 21.9. The van der Waals surface area contributed by atoms with Gasteiger partial charge in [-0.15, -0.1) is 0 Å². The van der Waals surface area contributed by atoms with E-state index in [1.165, 1.54) is 12.1 Å². The first-order valence-electron chi connectivity index (χ1n) is 11.2. The number of benzene rings is 1. The molecule has 1 amide bonds. The number of rotatable bonds is 5. The average molecular weight is 451 g/mol. The first-order valence-corrected chi connectivity index (χ1v) is 11.2. The number of carbonyl (C=O) groups excluding carboxylic acids is 1. The Kier molecular flexibility index (Phi) is 5.64. The van der Waals surface area contributed by atoms with Crippen LogP contribution in [0, 0.1) is 5.82 Å². The van der Waals surface area contributed by atoms with Gasteiger partial charge in [-0.2, -0.15) is 0 Å². The van der Waals surface area contributed by atoms with Crippen LogP contribution in [0.25, 0.3) is 11.1 Å². The number of nitrogens with zero attached hydrogens (tertiary/aromatic N) is 2. The molecular formula is C25H27FN4O3. The lowest BCUT2D eigenvalue weighted by Gasteiger charge is -2.26. The third-order valence-corrected chi connectivity index (χ3v) is 6.17.